The van der Waals surface area contributed by atoms with Gasteiger partial charge in [-0.25, -0.2) is 4.79 Å². The van der Waals surface area contributed by atoms with Crippen molar-refractivity contribution in [3.8, 4) is 28.4 Å². The van der Waals surface area contributed by atoms with Crippen molar-refractivity contribution in [3.63, 3.8) is 0 Å². The molecular formula is C36H34N4O8. The Morgan fingerprint density at radius 2 is 1.73 bits per heavy atom. The lowest BCUT2D eigenvalue weighted by Crippen LogP contribution is -2.58. The zero-order valence-corrected chi connectivity index (χ0v) is 26.4. The lowest BCUT2D eigenvalue weighted by molar-refractivity contribution is -0.123. The predicted molar refractivity (Wildman–Crippen MR) is 174 cm³/mol. The van der Waals surface area contributed by atoms with E-state index in [4.69, 9.17) is 18.9 Å². The van der Waals surface area contributed by atoms with E-state index in [1.54, 1.807) is 60.5 Å². The molecule has 12 nitrogen and oxygen atoms in total. The molecule has 0 spiro atoms. The highest BCUT2D eigenvalue weighted by molar-refractivity contribution is 5.98. The molecule has 3 amide bonds. The molecule has 3 aliphatic rings. The SMILES string of the molecule is COC(=O)c1cncc(C(=O)N2CC[C@H]3Oc4ccc(cc4)CNC(=O)COc4cccc(c4)-c4cc(ccc4OC)C(=O)N[C@@H]3C2)c1. The molecule has 4 aromatic rings. The molecule has 1 aromatic heterocycles. The summed E-state index contributed by atoms with van der Waals surface area (Å²) in [5, 5.41) is 5.97. The molecule has 2 N–H and O–H groups in total. The molecule has 246 valence electrons. The number of piperidine rings is 1. The Morgan fingerprint density at radius 3 is 2.52 bits per heavy atom. The third-order valence-electron chi connectivity index (χ3n) is 8.24. The van der Waals surface area contributed by atoms with Crippen LogP contribution >= 0.6 is 0 Å². The molecule has 4 heterocycles. The van der Waals surface area contributed by atoms with E-state index in [1.807, 2.05) is 18.2 Å². The average Bonchev–Trinajstić information content (AvgIpc) is 3.13. The largest absolute Gasteiger partial charge is 0.496 e. The Morgan fingerprint density at radius 1 is 0.917 bits per heavy atom. The van der Waals surface area contributed by atoms with Gasteiger partial charge >= 0.3 is 5.97 Å². The Balaban J connectivity index is 1.33. The Hall–Kier alpha value is -5.91. The first-order valence-electron chi connectivity index (χ1n) is 15.4. The van der Waals surface area contributed by atoms with Crippen molar-refractivity contribution in [1.82, 2.24) is 20.5 Å². The molecule has 48 heavy (non-hydrogen) atoms. The second-order valence-corrected chi connectivity index (χ2v) is 11.4. The van der Waals surface area contributed by atoms with Gasteiger partial charge in [-0.1, -0.05) is 24.3 Å². The lowest BCUT2D eigenvalue weighted by atomic mass is 9.98. The predicted octanol–water partition coefficient (Wildman–Crippen LogP) is 3.64. The number of nitrogens with one attached hydrogen (secondary N) is 2. The topological polar surface area (TPSA) is 145 Å². The van der Waals surface area contributed by atoms with Gasteiger partial charge in [0.25, 0.3) is 17.7 Å². The summed E-state index contributed by atoms with van der Waals surface area (Å²) in [6, 6.07) is 20.5. The second kappa shape index (κ2) is 14.2. The maximum atomic E-state index is 13.8. The summed E-state index contributed by atoms with van der Waals surface area (Å²) in [4.78, 5) is 57.7. The van der Waals surface area contributed by atoms with Gasteiger partial charge in [0.1, 0.15) is 23.4 Å². The number of ether oxygens (including phenoxy) is 4. The van der Waals surface area contributed by atoms with E-state index in [9.17, 15) is 19.2 Å². The van der Waals surface area contributed by atoms with Crippen LogP contribution in [-0.2, 0) is 16.1 Å². The van der Waals surface area contributed by atoms with Crippen molar-refractivity contribution < 1.29 is 38.1 Å². The van der Waals surface area contributed by atoms with Crippen LogP contribution in [-0.4, -0.2) is 79.6 Å². The molecule has 3 aliphatic heterocycles. The number of likely N-dealkylation sites (tertiary alicyclic amines) is 1. The van der Waals surface area contributed by atoms with Gasteiger partial charge in [0.2, 0.25) is 0 Å². The van der Waals surface area contributed by atoms with Crippen molar-refractivity contribution in [3.05, 3.63) is 107 Å². The molecular weight excluding hydrogens is 616 g/mol. The van der Waals surface area contributed by atoms with E-state index >= 15 is 0 Å². The molecule has 1 fully saturated rings. The van der Waals surface area contributed by atoms with Crippen molar-refractivity contribution >= 4 is 23.7 Å². The van der Waals surface area contributed by atoms with Gasteiger partial charge in [-0.2, -0.15) is 0 Å². The zero-order chi connectivity index (χ0) is 33.6. The summed E-state index contributed by atoms with van der Waals surface area (Å²) >= 11 is 0. The van der Waals surface area contributed by atoms with Gasteiger partial charge in [0.15, 0.2) is 6.61 Å². The highest BCUT2D eigenvalue weighted by Gasteiger charge is 2.35. The number of aromatic nitrogens is 1. The van der Waals surface area contributed by atoms with Crippen molar-refractivity contribution in [2.75, 3.05) is 33.9 Å². The smallest absolute Gasteiger partial charge is 0.339 e. The van der Waals surface area contributed by atoms with Crippen LogP contribution in [0.5, 0.6) is 17.2 Å². The standard InChI is InChI=1S/C36H34N4O8/c1-45-31-11-8-24-16-29(31)23-4-3-5-28(15-23)47-21-33(41)38-17-22-6-9-27(10-7-22)48-32-12-13-40(20-30(32)39-34(24)42)35(43)25-14-26(19-37-18-25)36(44)46-2/h3-11,14-16,18-19,30,32H,12-13,17,20-21H2,1-2H3,(H,38,41)(H,39,42)/t30-,32-/m1/s1. The number of nitrogens with zero attached hydrogens (tertiary/aromatic N) is 2. The number of benzene rings is 3. The highest BCUT2D eigenvalue weighted by Crippen LogP contribution is 2.33. The van der Waals surface area contributed by atoms with Gasteiger partial charge in [0, 0.05) is 49.6 Å². The van der Waals surface area contributed by atoms with Crippen LogP contribution in [0.15, 0.2) is 85.2 Å². The number of rotatable bonds is 3. The normalized spacial score (nSPS) is 17.8. The molecule has 1 saturated heterocycles. The Kier molecular flexibility index (Phi) is 9.51. The molecule has 3 aromatic carbocycles. The minimum Gasteiger partial charge on any atom is -0.496 e. The van der Waals surface area contributed by atoms with Crippen molar-refractivity contribution in [2.45, 2.75) is 25.1 Å². The van der Waals surface area contributed by atoms with Gasteiger partial charge < -0.3 is 34.5 Å². The van der Waals surface area contributed by atoms with E-state index in [0.717, 1.165) is 11.1 Å². The molecule has 12 heteroatoms. The summed E-state index contributed by atoms with van der Waals surface area (Å²) < 4.78 is 22.6. The van der Waals surface area contributed by atoms with Crippen LogP contribution in [0.25, 0.3) is 11.1 Å². The van der Waals surface area contributed by atoms with Gasteiger partial charge in [-0.15, -0.1) is 0 Å². The number of pyridine rings is 1. The first kappa shape index (κ1) is 32.0. The molecule has 0 unspecified atom stereocenters. The van der Waals surface area contributed by atoms with E-state index in [2.05, 4.69) is 15.6 Å². The van der Waals surface area contributed by atoms with Gasteiger partial charge in [0.05, 0.1) is 31.4 Å². The third kappa shape index (κ3) is 7.22. The first-order valence-corrected chi connectivity index (χ1v) is 15.4. The fourth-order valence-corrected chi connectivity index (χ4v) is 5.70. The van der Waals surface area contributed by atoms with Crippen LogP contribution in [0, 0.1) is 0 Å². The summed E-state index contributed by atoms with van der Waals surface area (Å²) in [5.41, 5.74) is 3.00. The first-order chi connectivity index (χ1) is 23.3. The summed E-state index contributed by atoms with van der Waals surface area (Å²) in [6.45, 7) is 0.621. The minimum atomic E-state index is -0.599. The fraction of sp³-hybridized carbons (Fsp3) is 0.250. The maximum absolute atomic E-state index is 13.8. The van der Waals surface area contributed by atoms with Gasteiger partial charge in [-0.3, -0.25) is 19.4 Å². The molecule has 2 atom stereocenters. The number of amides is 3. The average molecular weight is 651 g/mol. The summed E-state index contributed by atoms with van der Waals surface area (Å²) in [7, 11) is 2.81. The fourth-order valence-electron chi connectivity index (χ4n) is 5.70. The number of hydrogen-bond donors (Lipinski definition) is 2. The Bertz CT molecular complexity index is 1840. The van der Waals surface area contributed by atoms with Crippen LogP contribution in [0.4, 0.5) is 0 Å². The van der Waals surface area contributed by atoms with Crippen LogP contribution in [0.2, 0.25) is 0 Å². The van der Waals surface area contributed by atoms with E-state index in [-0.39, 0.29) is 42.0 Å². The number of carbonyl (C=O) groups excluding carboxylic acids is 4. The lowest BCUT2D eigenvalue weighted by Gasteiger charge is -2.39. The number of carbonyl (C=O) groups is 4. The minimum absolute atomic E-state index is 0.143. The van der Waals surface area contributed by atoms with Crippen LogP contribution in [0.3, 0.4) is 0 Å². The summed E-state index contributed by atoms with van der Waals surface area (Å²) in [6.07, 6.45) is 2.68. The Labute approximate surface area is 277 Å². The van der Waals surface area contributed by atoms with Crippen molar-refractivity contribution in [2.24, 2.45) is 0 Å². The molecule has 0 radical (unpaired) electrons. The summed E-state index contributed by atoms with van der Waals surface area (Å²) in [5.74, 6) is 0.0266. The number of hydrogen-bond acceptors (Lipinski definition) is 9. The maximum Gasteiger partial charge on any atom is 0.339 e. The van der Waals surface area contributed by atoms with Gasteiger partial charge in [-0.05, 0) is 59.7 Å². The van der Waals surface area contributed by atoms with Crippen LogP contribution < -0.4 is 24.8 Å². The highest BCUT2D eigenvalue weighted by atomic mass is 16.5. The number of esters is 1. The number of fused-ring (bicyclic) bond motifs is 7. The van der Waals surface area contributed by atoms with E-state index in [0.29, 0.717) is 47.9 Å². The zero-order valence-electron chi connectivity index (χ0n) is 26.4. The molecule has 0 aliphatic carbocycles. The number of methoxy groups -OCH3 is 2. The van der Waals surface area contributed by atoms with E-state index < -0.39 is 18.1 Å². The molecule has 6 bridgehead atoms. The van der Waals surface area contributed by atoms with E-state index in [1.165, 1.54) is 25.6 Å². The van der Waals surface area contributed by atoms with Crippen molar-refractivity contribution in [1.29, 1.82) is 0 Å². The second-order valence-electron chi connectivity index (χ2n) is 11.4. The van der Waals surface area contributed by atoms with Crippen LogP contribution in [0.1, 0.15) is 43.1 Å². The molecule has 7 rings (SSSR count). The monoisotopic (exact) mass is 650 g/mol. The third-order valence-corrected chi connectivity index (χ3v) is 8.24. The molecule has 0 saturated carbocycles. The quantitative estimate of drug-likeness (QED) is 0.318.